The maximum absolute atomic E-state index is 13.5. The minimum atomic E-state index is -4.62. The fourth-order valence-corrected chi connectivity index (χ4v) is 4.08. The Morgan fingerprint density at radius 1 is 1.15 bits per heavy atom. The highest BCUT2D eigenvalue weighted by atomic mass is 35.5. The number of pyridine rings is 1. The number of hydrogen-bond donors (Lipinski definition) is 3. The lowest BCUT2D eigenvalue weighted by molar-refractivity contribution is -0.137. The van der Waals surface area contributed by atoms with Crippen LogP contribution in [0, 0.1) is 6.92 Å². The molecule has 0 saturated carbocycles. The number of nitrogens with zero attached hydrogens (tertiary/aromatic N) is 3. The Morgan fingerprint density at radius 2 is 1.90 bits per heavy atom. The molecule has 0 aliphatic carbocycles. The molecule has 3 aromatic rings. The van der Waals surface area contributed by atoms with E-state index in [0.29, 0.717) is 5.82 Å². The van der Waals surface area contributed by atoms with E-state index in [1.54, 1.807) is 6.92 Å². The molecular weight excluding hydrogens is 541 g/mol. The van der Waals surface area contributed by atoms with Crippen LogP contribution in [0.25, 0.3) is 0 Å². The average Bonchev–Trinajstić information content (AvgIpc) is 3.37. The Morgan fingerprint density at radius 3 is 2.51 bits per heavy atom. The van der Waals surface area contributed by atoms with Crippen molar-refractivity contribution >= 4 is 34.8 Å². The van der Waals surface area contributed by atoms with Crippen LogP contribution in [0.4, 0.5) is 24.5 Å². The number of hydrogen-bond acceptors (Lipinski definition) is 8. The third-order valence-electron chi connectivity index (χ3n) is 6.00. The number of aromatic nitrogens is 3. The summed E-state index contributed by atoms with van der Waals surface area (Å²) < 4.78 is 50.8. The molecule has 14 heteroatoms. The Bertz CT molecular complexity index is 1360. The van der Waals surface area contributed by atoms with Gasteiger partial charge in [-0.2, -0.15) is 13.2 Å². The number of carbonyl (C=O) groups excluding carboxylic acids is 2. The predicted molar refractivity (Wildman–Crippen MR) is 135 cm³/mol. The van der Waals surface area contributed by atoms with Crippen LogP contribution in [0.1, 0.15) is 33.9 Å². The van der Waals surface area contributed by atoms with E-state index in [2.05, 4.69) is 30.9 Å². The van der Waals surface area contributed by atoms with E-state index in [-0.39, 0.29) is 59.6 Å². The maximum Gasteiger partial charge on any atom is 0.418 e. The van der Waals surface area contributed by atoms with E-state index >= 15 is 0 Å². The zero-order valence-corrected chi connectivity index (χ0v) is 21.6. The van der Waals surface area contributed by atoms with Crippen LogP contribution in [0.15, 0.2) is 42.9 Å². The standard InChI is InChI=1S/C25H24ClF3N6O4/c1-14-30-9-15(10-31-14)22(36)35-24(5-6-39-13-24)23(37)33-12-21-19(26)7-16(11-32-21)34-20-4-3-17(38-2)8-18(20)25(27,28)29/h3-4,7-11,34H,5-6,12-13H2,1-2H3,(H,33,37)(H,35,36)/t24-/m0/s1. The molecule has 1 aliphatic heterocycles. The monoisotopic (exact) mass is 564 g/mol. The highest BCUT2D eigenvalue weighted by Crippen LogP contribution is 2.38. The zero-order valence-electron chi connectivity index (χ0n) is 20.9. The van der Waals surface area contributed by atoms with Gasteiger partial charge in [-0.05, 0) is 31.2 Å². The van der Waals surface area contributed by atoms with Crippen molar-refractivity contribution in [3.63, 3.8) is 0 Å². The van der Waals surface area contributed by atoms with Gasteiger partial charge < -0.3 is 25.4 Å². The van der Waals surface area contributed by atoms with E-state index in [0.717, 1.165) is 6.07 Å². The Balaban J connectivity index is 1.44. The first kappa shape index (κ1) is 28.0. The smallest absolute Gasteiger partial charge is 0.418 e. The quantitative estimate of drug-likeness (QED) is 0.377. The van der Waals surface area contributed by atoms with Crippen LogP contribution < -0.4 is 20.7 Å². The van der Waals surface area contributed by atoms with Crippen molar-refractivity contribution in [2.45, 2.75) is 31.6 Å². The maximum atomic E-state index is 13.5. The molecule has 3 N–H and O–H groups in total. The topological polar surface area (TPSA) is 127 Å². The van der Waals surface area contributed by atoms with E-state index in [9.17, 15) is 22.8 Å². The summed E-state index contributed by atoms with van der Waals surface area (Å²) in [7, 11) is 1.28. The second-order valence-electron chi connectivity index (χ2n) is 8.73. The van der Waals surface area contributed by atoms with Crippen LogP contribution >= 0.6 is 11.6 Å². The van der Waals surface area contributed by atoms with Gasteiger partial charge in [0.05, 0.1) is 59.7 Å². The van der Waals surface area contributed by atoms with Gasteiger partial charge in [0.25, 0.3) is 5.91 Å². The number of ether oxygens (including phenoxy) is 2. The molecule has 0 bridgehead atoms. The molecule has 1 atom stereocenters. The number of benzene rings is 1. The minimum Gasteiger partial charge on any atom is -0.497 e. The van der Waals surface area contributed by atoms with Gasteiger partial charge in [0.1, 0.15) is 17.1 Å². The minimum absolute atomic E-state index is 0.0370. The van der Waals surface area contributed by atoms with Crippen LogP contribution in [0.5, 0.6) is 5.75 Å². The van der Waals surface area contributed by atoms with Crippen molar-refractivity contribution in [3.8, 4) is 5.75 Å². The molecule has 1 aromatic carbocycles. The summed E-state index contributed by atoms with van der Waals surface area (Å²) in [5, 5.41) is 8.21. The summed E-state index contributed by atoms with van der Waals surface area (Å²) in [5.41, 5.74) is -1.78. The van der Waals surface area contributed by atoms with Gasteiger partial charge in [0.2, 0.25) is 5.91 Å². The Kier molecular flexibility index (Phi) is 8.21. The SMILES string of the molecule is COc1ccc(Nc2cnc(CNC(=O)[C@]3(NC(=O)c4cnc(C)nc4)CCOC3)c(Cl)c2)c(C(F)(F)F)c1. The Hall–Kier alpha value is -3.97. The van der Waals surface area contributed by atoms with Crippen molar-refractivity contribution in [2.75, 3.05) is 25.6 Å². The summed E-state index contributed by atoms with van der Waals surface area (Å²) in [6, 6.07) is 4.91. The number of amides is 2. The fraction of sp³-hybridized carbons (Fsp3) is 0.320. The lowest BCUT2D eigenvalue weighted by Gasteiger charge is -2.27. The molecule has 0 unspecified atom stereocenters. The van der Waals surface area contributed by atoms with Gasteiger partial charge in [-0.1, -0.05) is 11.6 Å². The van der Waals surface area contributed by atoms with Crippen LogP contribution in [0.3, 0.4) is 0 Å². The van der Waals surface area contributed by atoms with Gasteiger partial charge in [0, 0.05) is 25.4 Å². The molecular formula is C25H24ClF3N6O4. The van der Waals surface area contributed by atoms with Crippen molar-refractivity contribution in [1.82, 2.24) is 25.6 Å². The lowest BCUT2D eigenvalue weighted by atomic mass is 9.96. The van der Waals surface area contributed by atoms with Gasteiger partial charge in [0.15, 0.2) is 0 Å². The normalized spacial score (nSPS) is 17.0. The molecule has 1 fully saturated rings. The van der Waals surface area contributed by atoms with Crippen molar-refractivity contribution < 1.29 is 32.2 Å². The third-order valence-corrected chi connectivity index (χ3v) is 6.32. The largest absolute Gasteiger partial charge is 0.497 e. The molecule has 39 heavy (non-hydrogen) atoms. The van der Waals surface area contributed by atoms with Crippen LogP contribution in [0.2, 0.25) is 5.02 Å². The molecule has 1 aliphatic rings. The van der Waals surface area contributed by atoms with Gasteiger partial charge >= 0.3 is 6.18 Å². The number of anilines is 2. The first-order valence-corrected chi connectivity index (χ1v) is 12.0. The summed E-state index contributed by atoms with van der Waals surface area (Å²) in [6.07, 6.45) is -0.361. The second-order valence-corrected chi connectivity index (χ2v) is 9.13. The summed E-state index contributed by atoms with van der Waals surface area (Å²) in [4.78, 5) is 38.0. The van der Waals surface area contributed by atoms with Gasteiger partial charge in [-0.25, -0.2) is 9.97 Å². The fourth-order valence-electron chi connectivity index (χ4n) is 3.85. The summed E-state index contributed by atoms with van der Waals surface area (Å²) in [5.74, 6) is -0.476. The first-order valence-electron chi connectivity index (χ1n) is 11.6. The van der Waals surface area contributed by atoms with Gasteiger partial charge in [-0.15, -0.1) is 0 Å². The van der Waals surface area contributed by atoms with Crippen molar-refractivity contribution in [2.24, 2.45) is 0 Å². The summed E-state index contributed by atoms with van der Waals surface area (Å²) >= 11 is 6.32. The molecule has 2 aromatic heterocycles. The lowest BCUT2D eigenvalue weighted by Crippen LogP contribution is -2.59. The van der Waals surface area contributed by atoms with Crippen LogP contribution in [-0.2, 0) is 22.3 Å². The molecule has 1 saturated heterocycles. The Labute approximate surface area is 226 Å². The van der Waals surface area contributed by atoms with E-state index in [4.69, 9.17) is 21.1 Å². The average molecular weight is 565 g/mol. The van der Waals surface area contributed by atoms with Gasteiger partial charge in [-0.3, -0.25) is 14.6 Å². The number of methoxy groups -OCH3 is 1. The number of nitrogens with one attached hydrogen (secondary N) is 3. The highest BCUT2D eigenvalue weighted by Gasteiger charge is 2.44. The van der Waals surface area contributed by atoms with Crippen molar-refractivity contribution in [3.05, 3.63) is 70.5 Å². The molecule has 0 radical (unpaired) electrons. The summed E-state index contributed by atoms with van der Waals surface area (Å²) in [6.45, 7) is 1.81. The predicted octanol–water partition coefficient (Wildman–Crippen LogP) is 3.81. The molecule has 4 rings (SSSR count). The molecule has 0 spiro atoms. The van der Waals surface area contributed by atoms with E-state index < -0.39 is 29.1 Å². The molecule has 2 amide bonds. The number of alkyl halides is 3. The molecule has 10 nitrogen and oxygen atoms in total. The van der Waals surface area contributed by atoms with E-state index in [1.165, 1.54) is 43.9 Å². The number of rotatable bonds is 8. The number of halogens is 4. The highest BCUT2D eigenvalue weighted by molar-refractivity contribution is 6.31. The van der Waals surface area contributed by atoms with Crippen molar-refractivity contribution in [1.29, 1.82) is 0 Å². The van der Waals surface area contributed by atoms with E-state index in [1.807, 2.05) is 0 Å². The number of aryl methyl sites for hydroxylation is 1. The zero-order chi connectivity index (χ0) is 28.2. The number of carbonyl (C=O) groups is 2. The molecule has 3 heterocycles. The van der Waals surface area contributed by atoms with Crippen LogP contribution in [-0.4, -0.2) is 52.6 Å². The first-order chi connectivity index (χ1) is 18.5. The second kappa shape index (κ2) is 11.4. The molecule has 206 valence electrons. The third kappa shape index (κ3) is 6.55.